The summed E-state index contributed by atoms with van der Waals surface area (Å²) in [6, 6.07) is 3.54. The molecule has 2 heterocycles. The summed E-state index contributed by atoms with van der Waals surface area (Å²) in [6.45, 7) is 9.62. The molecule has 6 heteroatoms. The predicted molar refractivity (Wildman–Crippen MR) is 95.6 cm³/mol. The maximum absolute atomic E-state index is 12.2. The van der Waals surface area contributed by atoms with Gasteiger partial charge in [0.1, 0.15) is 11.4 Å². The van der Waals surface area contributed by atoms with Gasteiger partial charge in [0.05, 0.1) is 0 Å². The molecule has 1 saturated heterocycles. The maximum Gasteiger partial charge on any atom is 0.410 e. The third-order valence-corrected chi connectivity index (χ3v) is 4.24. The minimum Gasteiger partial charge on any atom is -0.456 e. The van der Waals surface area contributed by atoms with E-state index in [0.29, 0.717) is 24.8 Å². The molecule has 1 aliphatic heterocycles. The van der Waals surface area contributed by atoms with Gasteiger partial charge >= 0.3 is 6.09 Å². The largest absolute Gasteiger partial charge is 0.456 e. The van der Waals surface area contributed by atoms with E-state index in [1.165, 1.54) is 0 Å². The van der Waals surface area contributed by atoms with Gasteiger partial charge in [0.2, 0.25) is 0 Å². The Labute approximate surface area is 149 Å². The number of hydrogen-bond donors (Lipinski definition) is 1. The summed E-state index contributed by atoms with van der Waals surface area (Å²) in [5.74, 6) is 1.37. The van der Waals surface area contributed by atoms with E-state index < -0.39 is 5.60 Å². The average molecular weight is 350 g/mol. The van der Waals surface area contributed by atoms with Gasteiger partial charge in [-0.15, -0.1) is 0 Å². The molecule has 0 spiro atoms. The fraction of sp³-hybridized carbons (Fsp3) is 0.684. The average Bonchev–Trinajstić information content (AvgIpc) is 3.02. The lowest BCUT2D eigenvalue weighted by Gasteiger charge is -2.34. The Kier molecular flexibility index (Phi) is 6.51. The first-order valence-corrected chi connectivity index (χ1v) is 9.13. The molecule has 0 radical (unpaired) electrons. The molecule has 1 aromatic rings. The molecule has 0 saturated carbocycles. The summed E-state index contributed by atoms with van der Waals surface area (Å²) in [6.07, 6.45) is 3.40. The van der Waals surface area contributed by atoms with Crippen LogP contribution in [-0.4, -0.2) is 42.1 Å². The van der Waals surface area contributed by atoms with Crippen LogP contribution in [0.2, 0.25) is 0 Å². The van der Waals surface area contributed by atoms with Crippen molar-refractivity contribution in [3.05, 3.63) is 23.7 Å². The first kappa shape index (κ1) is 19.3. The molecule has 0 aromatic carbocycles. The Bertz CT molecular complexity index is 588. The molecular weight excluding hydrogens is 320 g/mol. The number of aryl methyl sites for hydroxylation is 1. The van der Waals surface area contributed by atoms with Gasteiger partial charge in [0, 0.05) is 26.1 Å². The number of furan rings is 1. The second kappa shape index (κ2) is 8.41. The maximum atomic E-state index is 12.2. The van der Waals surface area contributed by atoms with Gasteiger partial charge in [-0.25, -0.2) is 4.79 Å². The molecule has 1 unspecified atom stereocenters. The summed E-state index contributed by atoms with van der Waals surface area (Å²) in [4.78, 5) is 26.0. The van der Waals surface area contributed by atoms with Crippen molar-refractivity contribution in [2.45, 2.75) is 59.0 Å². The van der Waals surface area contributed by atoms with Crippen LogP contribution in [0.5, 0.6) is 0 Å². The third kappa shape index (κ3) is 6.11. The summed E-state index contributed by atoms with van der Waals surface area (Å²) >= 11 is 0. The van der Waals surface area contributed by atoms with Crippen LogP contribution in [0.25, 0.3) is 0 Å². The smallest absolute Gasteiger partial charge is 0.410 e. The fourth-order valence-corrected chi connectivity index (χ4v) is 2.96. The lowest BCUT2D eigenvalue weighted by molar-refractivity contribution is 0.0161. The molecule has 1 aliphatic rings. The standard InChI is InChI=1S/C19H30N2O4/c1-5-15-8-9-16(24-15)17(22)20-11-10-14-7-6-12-21(13-14)18(23)25-19(2,3)4/h8-9,14H,5-7,10-13H2,1-4H3,(H,20,22). The number of amides is 2. The topological polar surface area (TPSA) is 71.8 Å². The van der Waals surface area contributed by atoms with Gasteiger partial charge in [0.25, 0.3) is 5.91 Å². The Morgan fingerprint density at radius 3 is 2.76 bits per heavy atom. The van der Waals surface area contributed by atoms with Gasteiger partial charge in [-0.2, -0.15) is 0 Å². The highest BCUT2D eigenvalue weighted by atomic mass is 16.6. The van der Waals surface area contributed by atoms with Crippen molar-refractivity contribution < 1.29 is 18.7 Å². The lowest BCUT2D eigenvalue weighted by Crippen LogP contribution is -2.43. The Morgan fingerprint density at radius 1 is 1.36 bits per heavy atom. The summed E-state index contributed by atoms with van der Waals surface area (Å²) in [7, 11) is 0. The molecule has 1 fully saturated rings. The first-order valence-electron chi connectivity index (χ1n) is 9.13. The van der Waals surface area contributed by atoms with E-state index in [1.807, 2.05) is 33.8 Å². The molecule has 1 N–H and O–H groups in total. The van der Waals surface area contributed by atoms with Crippen molar-refractivity contribution in [2.24, 2.45) is 5.92 Å². The van der Waals surface area contributed by atoms with Crippen LogP contribution >= 0.6 is 0 Å². The van der Waals surface area contributed by atoms with Crippen LogP contribution in [-0.2, 0) is 11.2 Å². The first-order chi connectivity index (χ1) is 11.8. The zero-order valence-electron chi connectivity index (χ0n) is 15.8. The lowest BCUT2D eigenvalue weighted by atomic mass is 9.95. The number of carbonyl (C=O) groups is 2. The van der Waals surface area contributed by atoms with Crippen LogP contribution in [0.4, 0.5) is 4.79 Å². The Morgan fingerprint density at radius 2 is 2.12 bits per heavy atom. The summed E-state index contributed by atoms with van der Waals surface area (Å²) in [5, 5.41) is 2.90. The number of piperidine rings is 1. The van der Waals surface area contributed by atoms with Crippen LogP contribution in [0.3, 0.4) is 0 Å². The van der Waals surface area contributed by atoms with E-state index in [4.69, 9.17) is 9.15 Å². The van der Waals surface area contributed by atoms with Crippen molar-refractivity contribution in [1.82, 2.24) is 10.2 Å². The normalized spacial score (nSPS) is 18.1. The van der Waals surface area contributed by atoms with Crippen LogP contribution in [0.1, 0.15) is 63.3 Å². The van der Waals surface area contributed by atoms with E-state index in [9.17, 15) is 9.59 Å². The van der Waals surface area contributed by atoms with Gasteiger partial charge < -0.3 is 19.4 Å². The van der Waals surface area contributed by atoms with Gasteiger partial charge in [-0.05, 0) is 58.1 Å². The van der Waals surface area contributed by atoms with Gasteiger partial charge in [-0.3, -0.25) is 4.79 Å². The Hall–Kier alpha value is -1.98. The predicted octanol–water partition coefficient (Wildman–Crippen LogP) is 3.61. The molecule has 2 rings (SSSR count). The minimum absolute atomic E-state index is 0.181. The number of rotatable bonds is 5. The highest BCUT2D eigenvalue weighted by molar-refractivity contribution is 5.91. The third-order valence-electron chi connectivity index (χ3n) is 4.24. The van der Waals surface area contributed by atoms with Crippen molar-refractivity contribution in [2.75, 3.05) is 19.6 Å². The number of nitrogens with one attached hydrogen (secondary N) is 1. The SMILES string of the molecule is CCc1ccc(C(=O)NCCC2CCCN(C(=O)OC(C)(C)C)C2)o1. The van der Waals surface area contributed by atoms with Gasteiger partial charge in [-0.1, -0.05) is 6.92 Å². The van der Waals surface area contributed by atoms with Crippen LogP contribution in [0.15, 0.2) is 16.5 Å². The molecular formula is C19H30N2O4. The van der Waals surface area contributed by atoms with E-state index in [-0.39, 0.29) is 12.0 Å². The number of carbonyl (C=O) groups excluding carboxylic acids is 2. The van der Waals surface area contributed by atoms with E-state index >= 15 is 0 Å². The zero-order valence-corrected chi connectivity index (χ0v) is 15.8. The highest BCUT2D eigenvalue weighted by Crippen LogP contribution is 2.21. The second-order valence-corrected chi connectivity index (χ2v) is 7.60. The molecule has 140 valence electrons. The molecule has 1 aromatic heterocycles. The van der Waals surface area contributed by atoms with Crippen LogP contribution in [0, 0.1) is 5.92 Å². The second-order valence-electron chi connectivity index (χ2n) is 7.60. The van der Waals surface area contributed by atoms with Crippen molar-refractivity contribution >= 4 is 12.0 Å². The molecule has 1 atom stereocenters. The van der Waals surface area contributed by atoms with E-state index in [0.717, 1.165) is 38.0 Å². The fourth-order valence-electron chi connectivity index (χ4n) is 2.96. The number of hydrogen-bond acceptors (Lipinski definition) is 4. The minimum atomic E-state index is -0.474. The van der Waals surface area contributed by atoms with Crippen molar-refractivity contribution in [3.8, 4) is 0 Å². The zero-order chi connectivity index (χ0) is 18.4. The quantitative estimate of drug-likeness (QED) is 0.880. The molecule has 6 nitrogen and oxygen atoms in total. The number of likely N-dealkylation sites (tertiary alicyclic amines) is 1. The van der Waals surface area contributed by atoms with Crippen LogP contribution < -0.4 is 5.32 Å². The van der Waals surface area contributed by atoms with Gasteiger partial charge in [0.15, 0.2) is 5.76 Å². The monoisotopic (exact) mass is 350 g/mol. The van der Waals surface area contributed by atoms with E-state index in [1.54, 1.807) is 11.0 Å². The van der Waals surface area contributed by atoms with Crippen molar-refractivity contribution in [1.29, 1.82) is 0 Å². The summed E-state index contributed by atoms with van der Waals surface area (Å²) in [5.41, 5.74) is -0.474. The molecule has 0 aliphatic carbocycles. The summed E-state index contributed by atoms with van der Waals surface area (Å²) < 4.78 is 10.9. The van der Waals surface area contributed by atoms with E-state index in [2.05, 4.69) is 5.32 Å². The Balaban J connectivity index is 1.75. The molecule has 25 heavy (non-hydrogen) atoms. The number of nitrogens with zero attached hydrogens (tertiary/aromatic N) is 1. The van der Waals surface area contributed by atoms with Crippen molar-refractivity contribution in [3.63, 3.8) is 0 Å². The number of ether oxygens (including phenoxy) is 1. The molecule has 2 amide bonds. The highest BCUT2D eigenvalue weighted by Gasteiger charge is 2.27. The molecule has 0 bridgehead atoms.